The number of hydrogen-bond acceptors (Lipinski definition) is 4. The van der Waals surface area contributed by atoms with Crippen LogP contribution < -0.4 is 0 Å². The fourth-order valence-corrected chi connectivity index (χ4v) is 3.83. The molecule has 0 amide bonds. The highest BCUT2D eigenvalue weighted by Gasteiger charge is 2.22. The Morgan fingerprint density at radius 3 is 2.63 bits per heavy atom. The minimum Gasteiger partial charge on any atom is -0.298 e. The van der Waals surface area contributed by atoms with Crippen LogP contribution in [0, 0.1) is 13.8 Å². The van der Waals surface area contributed by atoms with Gasteiger partial charge in [-0.2, -0.15) is 0 Å². The van der Waals surface area contributed by atoms with Gasteiger partial charge in [-0.05, 0) is 32.4 Å². The SMILES string of the molecule is C=CCn1c(S[C@@H](C)C(=O)c2cc(C)ccc2C)nnc1-c1ccccc1. The number of aryl methyl sites for hydroxylation is 2. The Balaban J connectivity index is 1.88. The first-order chi connectivity index (χ1) is 13.0. The summed E-state index contributed by atoms with van der Waals surface area (Å²) in [7, 11) is 0. The van der Waals surface area contributed by atoms with Crippen LogP contribution >= 0.6 is 11.8 Å². The zero-order valence-electron chi connectivity index (χ0n) is 15.8. The summed E-state index contributed by atoms with van der Waals surface area (Å²) in [6, 6.07) is 15.9. The Labute approximate surface area is 164 Å². The van der Waals surface area contributed by atoms with Crippen LogP contribution in [0.2, 0.25) is 0 Å². The quantitative estimate of drug-likeness (QED) is 0.326. The van der Waals surface area contributed by atoms with Gasteiger partial charge in [-0.1, -0.05) is 65.9 Å². The summed E-state index contributed by atoms with van der Waals surface area (Å²) in [5, 5.41) is 9.16. The number of rotatable bonds is 7. The molecule has 1 heterocycles. The van der Waals surface area contributed by atoms with Gasteiger partial charge in [-0.3, -0.25) is 9.36 Å². The van der Waals surface area contributed by atoms with Crippen molar-refractivity contribution in [3.63, 3.8) is 0 Å². The average molecular weight is 378 g/mol. The molecule has 0 fully saturated rings. The van der Waals surface area contributed by atoms with Crippen molar-refractivity contribution in [2.24, 2.45) is 0 Å². The van der Waals surface area contributed by atoms with Crippen molar-refractivity contribution in [3.8, 4) is 11.4 Å². The number of aromatic nitrogens is 3. The van der Waals surface area contributed by atoms with Gasteiger partial charge in [-0.25, -0.2) is 0 Å². The van der Waals surface area contributed by atoms with Gasteiger partial charge in [-0.15, -0.1) is 16.8 Å². The fourth-order valence-electron chi connectivity index (χ4n) is 2.90. The van der Waals surface area contributed by atoms with Crippen LogP contribution in [0.5, 0.6) is 0 Å². The summed E-state index contributed by atoms with van der Waals surface area (Å²) in [5.41, 5.74) is 3.85. The van der Waals surface area contributed by atoms with Crippen LogP contribution in [-0.2, 0) is 6.54 Å². The molecule has 0 N–H and O–H groups in total. The summed E-state index contributed by atoms with van der Waals surface area (Å²) >= 11 is 1.44. The normalized spacial score (nSPS) is 12.0. The lowest BCUT2D eigenvalue weighted by Gasteiger charge is -2.13. The van der Waals surface area contributed by atoms with Crippen LogP contribution in [0.15, 0.2) is 66.3 Å². The Kier molecular flexibility index (Phi) is 5.91. The van der Waals surface area contributed by atoms with Crippen molar-refractivity contribution in [1.82, 2.24) is 14.8 Å². The summed E-state index contributed by atoms with van der Waals surface area (Å²) in [6.07, 6.45) is 1.82. The van der Waals surface area contributed by atoms with Crippen LogP contribution in [0.4, 0.5) is 0 Å². The Hall–Kier alpha value is -2.66. The molecule has 0 saturated carbocycles. The number of carbonyl (C=O) groups excluding carboxylic acids is 1. The van der Waals surface area contributed by atoms with E-state index in [-0.39, 0.29) is 11.0 Å². The van der Waals surface area contributed by atoms with E-state index in [4.69, 9.17) is 0 Å². The number of carbonyl (C=O) groups is 1. The van der Waals surface area contributed by atoms with E-state index in [0.717, 1.165) is 33.2 Å². The fraction of sp³-hybridized carbons (Fsp3) is 0.227. The van der Waals surface area contributed by atoms with Gasteiger partial charge in [0, 0.05) is 17.7 Å². The number of hydrogen-bond donors (Lipinski definition) is 0. The van der Waals surface area contributed by atoms with E-state index in [1.165, 1.54) is 11.8 Å². The lowest BCUT2D eigenvalue weighted by molar-refractivity contribution is 0.0993. The van der Waals surface area contributed by atoms with Crippen LogP contribution in [0.3, 0.4) is 0 Å². The molecule has 3 rings (SSSR count). The van der Waals surface area contributed by atoms with Crippen molar-refractivity contribution >= 4 is 17.5 Å². The lowest BCUT2D eigenvalue weighted by atomic mass is 10.0. The van der Waals surface area contributed by atoms with Crippen molar-refractivity contribution in [3.05, 3.63) is 77.9 Å². The summed E-state index contributed by atoms with van der Waals surface area (Å²) in [6.45, 7) is 10.3. The first-order valence-electron chi connectivity index (χ1n) is 8.89. The van der Waals surface area contributed by atoms with E-state index in [9.17, 15) is 4.79 Å². The van der Waals surface area contributed by atoms with Crippen LogP contribution in [0.25, 0.3) is 11.4 Å². The van der Waals surface area contributed by atoms with Crippen molar-refractivity contribution < 1.29 is 4.79 Å². The van der Waals surface area contributed by atoms with E-state index in [0.29, 0.717) is 6.54 Å². The molecule has 0 spiro atoms. The van der Waals surface area contributed by atoms with Crippen molar-refractivity contribution in [2.75, 3.05) is 0 Å². The van der Waals surface area contributed by atoms with E-state index in [1.807, 2.05) is 79.9 Å². The van der Waals surface area contributed by atoms with Gasteiger partial charge in [0.1, 0.15) is 0 Å². The molecule has 0 aliphatic carbocycles. The minimum absolute atomic E-state index is 0.107. The van der Waals surface area contributed by atoms with Gasteiger partial charge in [0.05, 0.1) is 5.25 Å². The standard InChI is InChI=1S/C22H23N3OS/c1-5-13-25-21(18-9-7-6-8-10-18)23-24-22(25)27-17(4)20(26)19-14-15(2)11-12-16(19)3/h5-12,14,17H,1,13H2,2-4H3/t17-/m0/s1. The van der Waals surface area contributed by atoms with Crippen LogP contribution in [0.1, 0.15) is 28.4 Å². The molecular formula is C22H23N3OS. The van der Waals surface area contributed by atoms with Crippen molar-refractivity contribution in [2.45, 2.75) is 37.7 Å². The highest BCUT2D eigenvalue weighted by molar-refractivity contribution is 8.00. The third-order valence-corrected chi connectivity index (χ3v) is 5.45. The molecule has 3 aromatic rings. The summed E-state index contributed by atoms with van der Waals surface area (Å²) in [4.78, 5) is 13.0. The predicted molar refractivity (Wildman–Crippen MR) is 111 cm³/mol. The first-order valence-corrected chi connectivity index (χ1v) is 9.77. The molecule has 0 radical (unpaired) electrons. The second-order valence-electron chi connectivity index (χ2n) is 6.51. The molecule has 0 bridgehead atoms. The molecule has 2 aromatic carbocycles. The Morgan fingerprint density at radius 2 is 1.93 bits per heavy atom. The molecular weight excluding hydrogens is 354 g/mol. The van der Waals surface area contributed by atoms with E-state index < -0.39 is 0 Å². The Bertz CT molecular complexity index is 963. The molecule has 0 aliphatic heterocycles. The molecule has 0 aliphatic rings. The maximum Gasteiger partial charge on any atom is 0.192 e. The molecule has 5 heteroatoms. The second-order valence-corrected chi connectivity index (χ2v) is 7.82. The number of allylic oxidation sites excluding steroid dienone is 1. The van der Waals surface area contributed by atoms with E-state index in [2.05, 4.69) is 16.8 Å². The highest BCUT2D eigenvalue weighted by Crippen LogP contribution is 2.29. The van der Waals surface area contributed by atoms with Gasteiger partial charge in [0.15, 0.2) is 16.8 Å². The van der Waals surface area contributed by atoms with Gasteiger partial charge >= 0.3 is 0 Å². The van der Waals surface area contributed by atoms with Gasteiger partial charge in [0.25, 0.3) is 0 Å². The first kappa shape index (κ1) is 19.1. The third kappa shape index (κ3) is 4.19. The lowest BCUT2D eigenvalue weighted by Crippen LogP contribution is -2.16. The van der Waals surface area contributed by atoms with Crippen molar-refractivity contribution in [1.29, 1.82) is 0 Å². The highest BCUT2D eigenvalue weighted by atomic mass is 32.2. The number of ketones is 1. The maximum atomic E-state index is 13.0. The van der Waals surface area contributed by atoms with Gasteiger partial charge < -0.3 is 0 Å². The zero-order chi connectivity index (χ0) is 19.4. The maximum absolute atomic E-state index is 13.0. The molecule has 1 atom stereocenters. The smallest absolute Gasteiger partial charge is 0.192 e. The van der Waals surface area contributed by atoms with Crippen LogP contribution in [-0.4, -0.2) is 25.8 Å². The zero-order valence-corrected chi connectivity index (χ0v) is 16.7. The summed E-state index contributed by atoms with van der Waals surface area (Å²) in [5.74, 6) is 0.889. The minimum atomic E-state index is -0.262. The molecule has 4 nitrogen and oxygen atoms in total. The second kappa shape index (κ2) is 8.35. The largest absolute Gasteiger partial charge is 0.298 e. The topological polar surface area (TPSA) is 47.8 Å². The molecule has 138 valence electrons. The number of benzene rings is 2. The number of thioether (sulfide) groups is 1. The molecule has 1 aromatic heterocycles. The molecule has 0 unspecified atom stereocenters. The monoisotopic (exact) mass is 377 g/mol. The van der Waals surface area contributed by atoms with Gasteiger partial charge in [0.2, 0.25) is 0 Å². The number of nitrogens with zero attached hydrogens (tertiary/aromatic N) is 3. The number of Topliss-reactive ketones (excluding diaryl/α,β-unsaturated/α-hetero) is 1. The van der Waals surface area contributed by atoms with E-state index in [1.54, 1.807) is 0 Å². The predicted octanol–water partition coefficient (Wildman–Crippen LogP) is 5.11. The molecule has 27 heavy (non-hydrogen) atoms. The average Bonchev–Trinajstić information content (AvgIpc) is 3.06. The summed E-state index contributed by atoms with van der Waals surface area (Å²) < 4.78 is 2.00. The Morgan fingerprint density at radius 1 is 1.19 bits per heavy atom. The third-order valence-electron chi connectivity index (χ3n) is 4.37. The van der Waals surface area contributed by atoms with E-state index >= 15 is 0 Å². The molecule has 0 saturated heterocycles.